The third-order valence-corrected chi connectivity index (χ3v) is 10.6. The summed E-state index contributed by atoms with van der Waals surface area (Å²) in [4.78, 5) is 14.9. The fourth-order valence-electron chi connectivity index (χ4n) is 6.81. The van der Waals surface area contributed by atoms with Gasteiger partial charge in [-0.3, -0.25) is 0 Å². The van der Waals surface area contributed by atoms with Crippen LogP contribution in [0.4, 0.5) is 17.1 Å². The van der Waals surface area contributed by atoms with Gasteiger partial charge >= 0.3 is 0 Å². The van der Waals surface area contributed by atoms with Crippen LogP contribution in [0.2, 0.25) is 0 Å². The van der Waals surface area contributed by atoms with Gasteiger partial charge in [-0.25, -0.2) is 9.97 Å². The Morgan fingerprint density at radius 2 is 0.870 bits per heavy atom. The molecular weight excluding hydrogens is 675 g/mol. The van der Waals surface area contributed by atoms with E-state index in [1.165, 1.54) is 10.8 Å². The number of aromatic nitrogens is 2. The summed E-state index contributed by atoms with van der Waals surface area (Å²) in [7, 11) is 0. The molecular formula is C50H35N3S. The zero-order valence-corrected chi connectivity index (χ0v) is 30.3. The Bertz CT molecular complexity index is 2610. The molecule has 1 heterocycles. The van der Waals surface area contributed by atoms with E-state index in [9.17, 15) is 0 Å². The van der Waals surface area contributed by atoms with Gasteiger partial charge in [-0.2, -0.15) is 0 Å². The van der Waals surface area contributed by atoms with E-state index in [-0.39, 0.29) is 0 Å². The topological polar surface area (TPSA) is 29.0 Å². The van der Waals surface area contributed by atoms with Crippen molar-refractivity contribution in [1.29, 1.82) is 0 Å². The van der Waals surface area contributed by atoms with Crippen LogP contribution in [0.25, 0.3) is 55.8 Å². The van der Waals surface area contributed by atoms with E-state index >= 15 is 0 Å². The average molecular weight is 710 g/mol. The molecule has 3 nitrogen and oxygen atoms in total. The first-order valence-corrected chi connectivity index (χ1v) is 18.9. The minimum atomic E-state index is 0.699. The summed E-state index contributed by atoms with van der Waals surface area (Å²) in [5.41, 5.74) is 10.5. The smallest absolute Gasteiger partial charge is 0.161 e. The van der Waals surface area contributed by atoms with E-state index < -0.39 is 0 Å². The van der Waals surface area contributed by atoms with Crippen LogP contribution < -0.4 is 4.90 Å². The summed E-state index contributed by atoms with van der Waals surface area (Å²) in [6, 6.07) is 74.6. The lowest BCUT2D eigenvalue weighted by Gasteiger charge is -2.26. The molecule has 0 aliphatic rings. The van der Waals surface area contributed by atoms with E-state index in [1.54, 1.807) is 11.8 Å². The molecule has 0 N–H and O–H groups in total. The number of hydrogen-bond acceptors (Lipinski definition) is 4. The average Bonchev–Trinajstić information content (AvgIpc) is 3.25. The van der Waals surface area contributed by atoms with Crippen molar-refractivity contribution in [2.24, 2.45) is 0 Å². The van der Waals surface area contributed by atoms with Crippen LogP contribution in [0.3, 0.4) is 0 Å². The van der Waals surface area contributed by atoms with Gasteiger partial charge in [0.15, 0.2) is 5.82 Å². The van der Waals surface area contributed by atoms with Crippen molar-refractivity contribution in [2.45, 2.75) is 9.79 Å². The molecule has 0 spiro atoms. The lowest BCUT2D eigenvalue weighted by atomic mass is 10.0. The number of rotatable bonds is 9. The van der Waals surface area contributed by atoms with Gasteiger partial charge in [0, 0.05) is 43.5 Å². The maximum Gasteiger partial charge on any atom is 0.161 e. The third-order valence-electron chi connectivity index (χ3n) is 9.52. The highest BCUT2D eigenvalue weighted by atomic mass is 32.2. The van der Waals surface area contributed by atoms with Crippen molar-refractivity contribution in [1.82, 2.24) is 9.97 Å². The van der Waals surface area contributed by atoms with Crippen LogP contribution in [-0.4, -0.2) is 9.97 Å². The van der Waals surface area contributed by atoms with Crippen molar-refractivity contribution in [2.75, 3.05) is 4.90 Å². The Balaban J connectivity index is 1.13. The van der Waals surface area contributed by atoms with Crippen molar-refractivity contribution in [3.05, 3.63) is 212 Å². The summed E-state index contributed by atoms with van der Waals surface area (Å²) < 4.78 is 0. The fraction of sp³-hybridized carbons (Fsp3) is 0. The fourth-order valence-corrected chi connectivity index (χ4v) is 7.81. The maximum absolute atomic E-state index is 5.18. The Kier molecular flexibility index (Phi) is 9.25. The summed E-state index contributed by atoms with van der Waals surface area (Å²) in [6.07, 6.45) is 0. The van der Waals surface area contributed by atoms with Gasteiger partial charge in [-0.15, -0.1) is 0 Å². The predicted octanol–water partition coefficient (Wildman–Crippen LogP) is 13.9. The molecule has 0 amide bonds. The Labute approximate surface area is 320 Å². The molecule has 0 aliphatic carbocycles. The monoisotopic (exact) mass is 709 g/mol. The van der Waals surface area contributed by atoms with E-state index in [0.29, 0.717) is 5.82 Å². The minimum Gasteiger partial charge on any atom is -0.310 e. The molecule has 0 atom stereocenters. The molecule has 0 fully saturated rings. The number of benzene rings is 8. The van der Waals surface area contributed by atoms with Crippen LogP contribution in [0.5, 0.6) is 0 Å². The van der Waals surface area contributed by atoms with Crippen LogP contribution >= 0.6 is 11.8 Å². The quantitative estimate of drug-likeness (QED) is 0.149. The highest BCUT2D eigenvalue weighted by molar-refractivity contribution is 7.99. The number of para-hydroxylation sites is 1. The molecule has 0 radical (unpaired) electrons. The number of fused-ring (bicyclic) bond motifs is 1. The molecule has 0 bridgehead atoms. The van der Waals surface area contributed by atoms with Gasteiger partial charge in [-0.1, -0.05) is 157 Å². The van der Waals surface area contributed by atoms with Gasteiger partial charge in [-0.05, 0) is 88.6 Å². The van der Waals surface area contributed by atoms with Gasteiger partial charge in [0.1, 0.15) is 0 Å². The Morgan fingerprint density at radius 3 is 1.52 bits per heavy atom. The second-order valence-corrected chi connectivity index (χ2v) is 14.2. The van der Waals surface area contributed by atoms with E-state index in [2.05, 4.69) is 205 Å². The molecule has 0 aliphatic heterocycles. The first-order valence-electron chi connectivity index (χ1n) is 18.1. The molecule has 1 aromatic heterocycles. The first kappa shape index (κ1) is 33.1. The largest absolute Gasteiger partial charge is 0.310 e. The molecule has 256 valence electrons. The molecule has 9 rings (SSSR count). The standard InChI is InChI=1S/C50H35N3S/c1-5-16-38(17-6-1)47-35-48(39-18-7-2-8-19-39)52-50(51-47)46-32-28-41(34-49(46)54-45-23-11-4-12-24-45)37-25-29-43(30-26-37)53(42-21-9-3-10-22-42)44-31-27-36-15-13-14-20-40(36)33-44/h1-35H. The number of anilines is 3. The summed E-state index contributed by atoms with van der Waals surface area (Å²) >= 11 is 1.74. The normalized spacial score (nSPS) is 11.0. The second-order valence-electron chi connectivity index (χ2n) is 13.1. The molecule has 9 aromatic rings. The SMILES string of the molecule is c1ccc(Sc2cc(-c3ccc(N(c4ccccc4)c4ccc5ccccc5c4)cc3)ccc2-c2nc(-c3ccccc3)cc(-c3ccccc3)n2)cc1. The van der Waals surface area contributed by atoms with E-state index in [1.807, 2.05) is 12.1 Å². The molecule has 8 aromatic carbocycles. The Hall–Kier alpha value is -6.75. The van der Waals surface area contributed by atoms with Crippen molar-refractivity contribution >= 4 is 39.6 Å². The van der Waals surface area contributed by atoms with E-state index in [0.717, 1.165) is 66.1 Å². The number of hydrogen-bond donors (Lipinski definition) is 0. The van der Waals surface area contributed by atoms with Gasteiger partial charge in [0.05, 0.1) is 11.4 Å². The van der Waals surface area contributed by atoms with Crippen LogP contribution in [0, 0.1) is 0 Å². The van der Waals surface area contributed by atoms with Gasteiger partial charge in [0.2, 0.25) is 0 Å². The summed E-state index contributed by atoms with van der Waals surface area (Å²) in [5, 5.41) is 2.44. The molecule has 0 saturated heterocycles. The lowest BCUT2D eigenvalue weighted by molar-refractivity contribution is 1.17. The van der Waals surface area contributed by atoms with Gasteiger partial charge in [0.25, 0.3) is 0 Å². The van der Waals surface area contributed by atoms with Gasteiger partial charge < -0.3 is 4.90 Å². The second kappa shape index (κ2) is 15.1. The highest BCUT2D eigenvalue weighted by Crippen LogP contribution is 2.41. The first-order chi connectivity index (χ1) is 26.7. The van der Waals surface area contributed by atoms with Crippen molar-refractivity contribution in [3.8, 4) is 45.0 Å². The highest BCUT2D eigenvalue weighted by Gasteiger charge is 2.17. The van der Waals surface area contributed by atoms with Crippen LogP contribution in [-0.2, 0) is 0 Å². The van der Waals surface area contributed by atoms with E-state index in [4.69, 9.17) is 9.97 Å². The molecule has 54 heavy (non-hydrogen) atoms. The summed E-state index contributed by atoms with van der Waals surface area (Å²) in [6.45, 7) is 0. The summed E-state index contributed by atoms with van der Waals surface area (Å²) in [5.74, 6) is 0.699. The zero-order chi connectivity index (χ0) is 36.1. The zero-order valence-electron chi connectivity index (χ0n) is 29.5. The third kappa shape index (κ3) is 7.03. The molecule has 0 saturated carbocycles. The Morgan fingerprint density at radius 1 is 0.352 bits per heavy atom. The van der Waals surface area contributed by atoms with Crippen LogP contribution in [0.1, 0.15) is 0 Å². The minimum absolute atomic E-state index is 0.699. The lowest BCUT2D eigenvalue weighted by Crippen LogP contribution is -2.09. The maximum atomic E-state index is 5.18. The predicted molar refractivity (Wildman–Crippen MR) is 227 cm³/mol. The van der Waals surface area contributed by atoms with Crippen molar-refractivity contribution < 1.29 is 0 Å². The number of nitrogens with zero attached hydrogens (tertiary/aromatic N) is 3. The molecule has 0 unspecified atom stereocenters. The molecule has 4 heteroatoms. The van der Waals surface area contributed by atoms with Crippen LogP contribution in [0.15, 0.2) is 222 Å². The van der Waals surface area contributed by atoms with Crippen molar-refractivity contribution in [3.63, 3.8) is 0 Å².